The van der Waals surface area contributed by atoms with Crippen LogP contribution in [0.5, 0.6) is 0 Å². The molecule has 0 fully saturated rings. The van der Waals surface area contributed by atoms with Crippen molar-refractivity contribution in [2.75, 3.05) is 11.1 Å². The van der Waals surface area contributed by atoms with Crippen molar-refractivity contribution in [1.82, 2.24) is 0 Å². The number of aryl methyl sites for hydroxylation is 1. The molecule has 0 aromatic heterocycles. The van der Waals surface area contributed by atoms with Gasteiger partial charge in [-0.15, -0.1) is 0 Å². The van der Waals surface area contributed by atoms with Crippen molar-refractivity contribution in [3.05, 3.63) is 52.5 Å². The number of hydrogen-bond acceptors (Lipinski definition) is 3. The Morgan fingerprint density at radius 1 is 1.35 bits per heavy atom. The minimum atomic E-state index is -1.07. The van der Waals surface area contributed by atoms with Gasteiger partial charge in [-0.1, -0.05) is 36.7 Å². The summed E-state index contributed by atoms with van der Waals surface area (Å²) in [6.07, 6.45) is 0.832. The fourth-order valence-electron chi connectivity index (χ4n) is 2.01. The summed E-state index contributed by atoms with van der Waals surface area (Å²) in [4.78, 5) is 11.3. The number of carbonyl (C=O) groups is 1. The number of aromatic carboxylic acids is 1. The van der Waals surface area contributed by atoms with Crippen LogP contribution < -0.4 is 11.1 Å². The van der Waals surface area contributed by atoms with Crippen molar-refractivity contribution >= 4 is 34.6 Å². The van der Waals surface area contributed by atoms with Gasteiger partial charge >= 0.3 is 5.97 Å². The number of benzene rings is 2. The molecule has 0 atom stereocenters. The van der Waals surface area contributed by atoms with Crippen LogP contribution in [0, 0.1) is 0 Å². The van der Waals surface area contributed by atoms with Gasteiger partial charge in [-0.3, -0.25) is 0 Å². The number of hydrogen-bond donors (Lipinski definition) is 3. The molecule has 4 N–H and O–H groups in total. The molecular weight excluding hydrogens is 276 g/mol. The van der Waals surface area contributed by atoms with Crippen LogP contribution >= 0.6 is 11.6 Å². The van der Waals surface area contributed by atoms with E-state index in [1.165, 1.54) is 12.1 Å². The van der Waals surface area contributed by atoms with E-state index in [9.17, 15) is 9.90 Å². The first-order valence-electron chi connectivity index (χ1n) is 6.20. The minimum absolute atomic E-state index is 0.0564. The average molecular weight is 291 g/mol. The normalized spacial score (nSPS) is 10.3. The van der Waals surface area contributed by atoms with Crippen molar-refractivity contribution < 1.29 is 9.90 Å². The van der Waals surface area contributed by atoms with Gasteiger partial charge in [0.1, 0.15) is 0 Å². The molecule has 0 bridgehead atoms. The van der Waals surface area contributed by atoms with E-state index in [0.717, 1.165) is 17.7 Å². The van der Waals surface area contributed by atoms with Gasteiger partial charge in [0.15, 0.2) is 0 Å². The molecule has 2 rings (SSSR count). The van der Waals surface area contributed by atoms with Crippen molar-refractivity contribution in [3.8, 4) is 0 Å². The van der Waals surface area contributed by atoms with Crippen LogP contribution in [0.3, 0.4) is 0 Å². The van der Waals surface area contributed by atoms with E-state index in [1.54, 1.807) is 0 Å². The maximum atomic E-state index is 11.3. The molecule has 0 aliphatic carbocycles. The standard InChI is InChI=1S/C15H15ClN2O2/c1-2-9-5-3-4-6-13(9)18-14-11(15(19)20)7-10(17)8-12(14)16/h3-8,18H,2,17H2,1H3,(H,19,20). The van der Waals surface area contributed by atoms with Gasteiger partial charge in [0, 0.05) is 11.4 Å². The predicted octanol–water partition coefficient (Wildman–Crippen LogP) is 3.93. The number of nitrogens with two attached hydrogens (primary N) is 1. The Hall–Kier alpha value is -2.20. The molecule has 20 heavy (non-hydrogen) atoms. The van der Waals surface area contributed by atoms with Crippen molar-refractivity contribution in [1.29, 1.82) is 0 Å². The van der Waals surface area contributed by atoms with Crippen molar-refractivity contribution in [2.24, 2.45) is 0 Å². The molecule has 0 radical (unpaired) electrons. The third-order valence-electron chi connectivity index (χ3n) is 3.00. The summed E-state index contributed by atoms with van der Waals surface area (Å²) in [7, 11) is 0. The van der Waals surface area contributed by atoms with Crippen molar-refractivity contribution in [2.45, 2.75) is 13.3 Å². The zero-order valence-electron chi connectivity index (χ0n) is 11.0. The summed E-state index contributed by atoms with van der Waals surface area (Å²) in [5.41, 5.74) is 8.29. The Bertz CT molecular complexity index is 656. The van der Waals surface area contributed by atoms with Crippen molar-refractivity contribution in [3.63, 3.8) is 0 Å². The second-order valence-corrected chi connectivity index (χ2v) is 4.77. The highest BCUT2D eigenvalue weighted by atomic mass is 35.5. The molecule has 0 heterocycles. The quantitative estimate of drug-likeness (QED) is 0.746. The van der Waals surface area contributed by atoms with Gasteiger partial charge in [0.25, 0.3) is 0 Å². The first kappa shape index (κ1) is 14.2. The zero-order chi connectivity index (χ0) is 14.7. The Morgan fingerprint density at radius 3 is 2.70 bits per heavy atom. The lowest BCUT2D eigenvalue weighted by atomic mass is 10.1. The molecule has 0 spiro atoms. The van der Waals surface area contributed by atoms with Crippen LogP contribution in [-0.2, 0) is 6.42 Å². The minimum Gasteiger partial charge on any atom is -0.478 e. The van der Waals surface area contributed by atoms with Crippen LogP contribution in [0.25, 0.3) is 0 Å². The predicted molar refractivity (Wildman–Crippen MR) is 81.9 cm³/mol. The van der Waals surface area contributed by atoms with E-state index < -0.39 is 5.97 Å². The molecule has 104 valence electrons. The fraction of sp³-hybridized carbons (Fsp3) is 0.133. The Kier molecular flexibility index (Phi) is 4.15. The zero-order valence-corrected chi connectivity index (χ0v) is 11.7. The number of nitrogen functional groups attached to an aromatic ring is 1. The van der Waals surface area contributed by atoms with Gasteiger partial charge in [0.2, 0.25) is 0 Å². The van der Waals surface area contributed by atoms with Crippen LogP contribution in [0.15, 0.2) is 36.4 Å². The van der Waals surface area contributed by atoms with Gasteiger partial charge in [-0.25, -0.2) is 4.79 Å². The summed E-state index contributed by atoms with van der Waals surface area (Å²) < 4.78 is 0. The van der Waals surface area contributed by atoms with Gasteiger partial charge < -0.3 is 16.2 Å². The summed E-state index contributed by atoms with van der Waals surface area (Å²) in [6, 6.07) is 10.6. The average Bonchev–Trinajstić information content (AvgIpc) is 2.41. The SMILES string of the molecule is CCc1ccccc1Nc1c(Cl)cc(N)cc1C(=O)O. The molecular formula is C15H15ClN2O2. The van der Waals surface area contributed by atoms with Crippen LogP contribution in [0.1, 0.15) is 22.8 Å². The van der Waals surface area contributed by atoms with Gasteiger partial charge in [-0.2, -0.15) is 0 Å². The highest BCUT2D eigenvalue weighted by Crippen LogP contribution is 2.33. The van der Waals surface area contributed by atoms with Gasteiger partial charge in [-0.05, 0) is 30.2 Å². The van der Waals surface area contributed by atoms with E-state index in [-0.39, 0.29) is 10.6 Å². The number of carboxylic acid groups (broad SMARTS) is 1. The highest BCUT2D eigenvalue weighted by Gasteiger charge is 2.15. The monoisotopic (exact) mass is 290 g/mol. The van der Waals surface area contributed by atoms with E-state index in [2.05, 4.69) is 5.32 Å². The Morgan fingerprint density at radius 2 is 2.05 bits per heavy atom. The summed E-state index contributed by atoms with van der Waals surface area (Å²) in [5.74, 6) is -1.07. The third kappa shape index (κ3) is 2.86. The lowest BCUT2D eigenvalue weighted by Crippen LogP contribution is -2.06. The van der Waals surface area contributed by atoms with Crippen LogP contribution in [0.4, 0.5) is 17.1 Å². The maximum Gasteiger partial charge on any atom is 0.337 e. The molecule has 2 aromatic rings. The van der Waals surface area contributed by atoms with E-state index in [1.807, 2.05) is 31.2 Å². The molecule has 2 aromatic carbocycles. The number of nitrogens with one attached hydrogen (secondary N) is 1. The molecule has 0 aliphatic rings. The lowest BCUT2D eigenvalue weighted by molar-refractivity contribution is 0.0698. The third-order valence-corrected chi connectivity index (χ3v) is 3.30. The van der Waals surface area contributed by atoms with E-state index in [4.69, 9.17) is 17.3 Å². The first-order chi connectivity index (χ1) is 9.52. The van der Waals surface area contributed by atoms with Gasteiger partial charge in [0.05, 0.1) is 16.3 Å². The second kappa shape index (κ2) is 5.84. The molecule has 5 heteroatoms. The topological polar surface area (TPSA) is 75.3 Å². The molecule has 4 nitrogen and oxygen atoms in total. The smallest absolute Gasteiger partial charge is 0.337 e. The van der Waals surface area contributed by atoms with Crippen LogP contribution in [-0.4, -0.2) is 11.1 Å². The number of rotatable bonds is 4. The molecule has 0 aliphatic heterocycles. The Labute approximate surface area is 122 Å². The Balaban J connectivity index is 2.50. The lowest BCUT2D eigenvalue weighted by Gasteiger charge is -2.15. The summed E-state index contributed by atoms with van der Waals surface area (Å²) >= 11 is 6.12. The molecule has 0 amide bonds. The van der Waals surface area contributed by atoms with E-state index >= 15 is 0 Å². The molecule has 0 saturated carbocycles. The number of para-hydroxylation sites is 1. The first-order valence-corrected chi connectivity index (χ1v) is 6.58. The number of anilines is 3. The van der Waals surface area contributed by atoms with Crippen LogP contribution in [0.2, 0.25) is 5.02 Å². The fourth-order valence-corrected chi connectivity index (χ4v) is 2.28. The molecule has 0 unspecified atom stereocenters. The van der Waals surface area contributed by atoms with E-state index in [0.29, 0.717) is 11.4 Å². The molecule has 0 saturated heterocycles. The summed E-state index contributed by atoms with van der Waals surface area (Å²) in [5, 5.41) is 12.7. The largest absolute Gasteiger partial charge is 0.478 e. The maximum absolute atomic E-state index is 11.3. The second-order valence-electron chi connectivity index (χ2n) is 4.37. The summed E-state index contributed by atoms with van der Waals surface area (Å²) in [6.45, 7) is 2.03. The number of carboxylic acids is 1. The number of halogens is 1. The highest BCUT2D eigenvalue weighted by molar-refractivity contribution is 6.34.